The van der Waals surface area contributed by atoms with E-state index in [4.69, 9.17) is 24.4 Å². The topological polar surface area (TPSA) is 85.2 Å². The number of rotatable bonds is 7. The number of carboxylic acid groups (broad SMARTS) is 1. The molecule has 0 aromatic heterocycles. The number of hydrogen-bond donors (Lipinski definition) is 2. The Hall–Kier alpha value is -1.95. The van der Waals surface area contributed by atoms with Gasteiger partial charge in [-0.3, -0.25) is 0 Å². The van der Waals surface area contributed by atoms with Crippen molar-refractivity contribution in [2.24, 2.45) is 0 Å². The predicted octanol–water partition coefficient (Wildman–Crippen LogP) is 1.16. The molecule has 0 bridgehead atoms. The lowest BCUT2D eigenvalue weighted by atomic mass is 10.2. The molecule has 0 amide bonds. The van der Waals surface area contributed by atoms with Crippen LogP contribution in [0.3, 0.4) is 0 Å². The van der Waals surface area contributed by atoms with Gasteiger partial charge in [-0.15, -0.1) is 0 Å². The van der Waals surface area contributed by atoms with Gasteiger partial charge >= 0.3 is 5.97 Å². The molecule has 100 valence electrons. The molecule has 1 rings (SSSR count). The Kier molecular flexibility index (Phi) is 5.26. The van der Waals surface area contributed by atoms with Gasteiger partial charge in [-0.1, -0.05) is 0 Å². The lowest BCUT2D eigenvalue weighted by molar-refractivity contribution is 0.0696. The van der Waals surface area contributed by atoms with Gasteiger partial charge in [-0.05, 0) is 12.1 Å². The van der Waals surface area contributed by atoms with Gasteiger partial charge in [0.25, 0.3) is 0 Å². The summed E-state index contributed by atoms with van der Waals surface area (Å²) in [5, 5.41) is 17.6. The number of methoxy groups -OCH3 is 2. The Morgan fingerprint density at radius 3 is 2.17 bits per heavy atom. The minimum atomic E-state index is -1.08. The molecule has 0 unspecified atom stereocenters. The monoisotopic (exact) mass is 256 g/mol. The van der Waals surface area contributed by atoms with Crippen LogP contribution >= 0.6 is 0 Å². The molecular formula is C12H16O6. The second kappa shape index (κ2) is 6.70. The van der Waals surface area contributed by atoms with Crippen molar-refractivity contribution in [1.82, 2.24) is 0 Å². The largest absolute Gasteiger partial charge is 0.493 e. The summed E-state index contributed by atoms with van der Waals surface area (Å²) in [6, 6.07) is 2.72. The van der Waals surface area contributed by atoms with E-state index >= 15 is 0 Å². The highest BCUT2D eigenvalue weighted by Crippen LogP contribution is 2.38. The Balaban J connectivity index is 3.09. The summed E-state index contributed by atoms with van der Waals surface area (Å²) in [5.41, 5.74) is 0.0539. The van der Waals surface area contributed by atoms with Crippen LogP contribution < -0.4 is 14.2 Å². The Bertz CT molecular complexity index is 390. The van der Waals surface area contributed by atoms with Crippen LogP contribution in [0.4, 0.5) is 0 Å². The summed E-state index contributed by atoms with van der Waals surface area (Å²) < 4.78 is 15.6. The van der Waals surface area contributed by atoms with Crippen LogP contribution in [-0.2, 0) is 0 Å². The van der Waals surface area contributed by atoms with Crippen molar-refractivity contribution in [3.63, 3.8) is 0 Å². The van der Waals surface area contributed by atoms with Crippen LogP contribution in [-0.4, -0.2) is 43.6 Å². The normalized spacial score (nSPS) is 9.94. The van der Waals surface area contributed by atoms with E-state index in [9.17, 15) is 4.79 Å². The first-order valence-corrected chi connectivity index (χ1v) is 5.37. The zero-order chi connectivity index (χ0) is 13.5. The Morgan fingerprint density at radius 1 is 1.22 bits per heavy atom. The molecule has 0 aliphatic carbocycles. The fraction of sp³-hybridized carbons (Fsp3) is 0.417. The molecule has 0 spiro atoms. The lowest BCUT2D eigenvalue weighted by Gasteiger charge is -2.14. The van der Waals surface area contributed by atoms with Gasteiger partial charge in [0.15, 0.2) is 11.5 Å². The minimum Gasteiger partial charge on any atom is -0.493 e. The third kappa shape index (κ3) is 3.27. The summed E-state index contributed by atoms with van der Waals surface area (Å²) >= 11 is 0. The SMILES string of the molecule is COc1cc(C(=O)O)cc(OC)c1OCCCO. The molecule has 0 saturated heterocycles. The van der Waals surface area contributed by atoms with Gasteiger partial charge in [0, 0.05) is 13.0 Å². The Labute approximate surface area is 105 Å². The maximum Gasteiger partial charge on any atom is 0.335 e. The summed E-state index contributed by atoms with van der Waals surface area (Å²) in [7, 11) is 2.83. The first-order chi connectivity index (χ1) is 8.63. The maximum absolute atomic E-state index is 10.9. The molecule has 0 heterocycles. The van der Waals surface area contributed by atoms with Crippen molar-refractivity contribution >= 4 is 5.97 Å². The first-order valence-electron chi connectivity index (χ1n) is 5.37. The van der Waals surface area contributed by atoms with Gasteiger partial charge in [-0.2, -0.15) is 0 Å². The highest BCUT2D eigenvalue weighted by molar-refractivity contribution is 5.89. The number of carboxylic acids is 1. The van der Waals surface area contributed by atoms with Crippen LogP contribution in [0.1, 0.15) is 16.8 Å². The maximum atomic E-state index is 10.9. The molecule has 0 radical (unpaired) electrons. The summed E-state index contributed by atoms with van der Waals surface area (Å²) in [4.78, 5) is 10.9. The molecule has 1 aromatic rings. The van der Waals surface area contributed by atoms with Gasteiger partial charge in [0.1, 0.15) is 0 Å². The molecule has 6 heteroatoms. The summed E-state index contributed by atoms with van der Waals surface area (Å²) in [5.74, 6) is -0.179. The van der Waals surface area contributed by atoms with E-state index in [-0.39, 0.29) is 30.3 Å². The second-order valence-corrected chi connectivity index (χ2v) is 3.44. The number of hydrogen-bond acceptors (Lipinski definition) is 5. The third-order valence-electron chi connectivity index (χ3n) is 2.26. The van der Waals surface area contributed by atoms with Crippen LogP contribution in [0.25, 0.3) is 0 Å². The van der Waals surface area contributed by atoms with E-state index in [0.717, 1.165) is 0 Å². The highest BCUT2D eigenvalue weighted by Gasteiger charge is 2.16. The number of ether oxygens (including phenoxy) is 3. The van der Waals surface area contributed by atoms with E-state index in [2.05, 4.69) is 0 Å². The van der Waals surface area contributed by atoms with Crippen molar-refractivity contribution in [3.05, 3.63) is 17.7 Å². The van der Waals surface area contributed by atoms with E-state index in [1.165, 1.54) is 26.4 Å². The van der Waals surface area contributed by atoms with Gasteiger partial charge in [0.05, 0.1) is 26.4 Å². The smallest absolute Gasteiger partial charge is 0.335 e. The van der Waals surface area contributed by atoms with E-state index in [0.29, 0.717) is 12.2 Å². The number of aromatic carboxylic acids is 1. The third-order valence-corrected chi connectivity index (χ3v) is 2.26. The average molecular weight is 256 g/mol. The van der Waals surface area contributed by atoms with Crippen LogP contribution in [0.5, 0.6) is 17.2 Å². The number of aliphatic hydroxyl groups excluding tert-OH is 1. The zero-order valence-electron chi connectivity index (χ0n) is 10.3. The van der Waals surface area contributed by atoms with Gasteiger partial charge in [-0.25, -0.2) is 4.79 Å². The molecule has 18 heavy (non-hydrogen) atoms. The number of carbonyl (C=O) groups is 1. The quantitative estimate of drug-likeness (QED) is 0.712. The van der Waals surface area contributed by atoms with E-state index in [1.54, 1.807) is 0 Å². The van der Waals surface area contributed by atoms with Gasteiger partial charge in [0.2, 0.25) is 5.75 Å². The van der Waals surface area contributed by atoms with Crippen molar-refractivity contribution in [2.45, 2.75) is 6.42 Å². The van der Waals surface area contributed by atoms with Crippen LogP contribution in [0, 0.1) is 0 Å². The Morgan fingerprint density at radius 2 is 1.78 bits per heavy atom. The summed E-state index contributed by atoms with van der Waals surface area (Å²) in [6.45, 7) is 0.299. The average Bonchev–Trinajstić information content (AvgIpc) is 2.38. The predicted molar refractivity (Wildman–Crippen MR) is 63.7 cm³/mol. The molecular weight excluding hydrogens is 240 g/mol. The zero-order valence-corrected chi connectivity index (χ0v) is 10.3. The van der Waals surface area contributed by atoms with Crippen molar-refractivity contribution in [2.75, 3.05) is 27.4 Å². The first kappa shape index (κ1) is 14.1. The van der Waals surface area contributed by atoms with Gasteiger partial charge < -0.3 is 24.4 Å². The molecule has 0 fully saturated rings. The molecule has 0 aliphatic rings. The lowest BCUT2D eigenvalue weighted by Crippen LogP contribution is -2.05. The second-order valence-electron chi connectivity index (χ2n) is 3.44. The number of aliphatic hydroxyl groups is 1. The minimum absolute atomic E-state index is 0.0117. The standard InChI is InChI=1S/C12H16O6/c1-16-9-6-8(12(14)15)7-10(17-2)11(9)18-5-3-4-13/h6-7,13H,3-5H2,1-2H3,(H,14,15). The molecule has 0 aliphatic heterocycles. The highest BCUT2D eigenvalue weighted by atomic mass is 16.5. The number of benzene rings is 1. The van der Waals surface area contributed by atoms with Crippen molar-refractivity contribution in [3.8, 4) is 17.2 Å². The van der Waals surface area contributed by atoms with Crippen molar-refractivity contribution < 1.29 is 29.2 Å². The van der Waals surface area contributed by atoms with Crippen molar-refractivity contribution in [1.29, 1.82) is 0 Å². The molecule has 6 nitrogen and oxygen atoms in total. The fourth-order valence-electron chi connectivity index (χ4n) is 1.38. The van der Waals surface area contributed by atoms with E-state index < -0.39 is 5.97 Å². The molecule has 1 aromatic carbocycles. The molecule has 0 saturated carbocycles. The van der Waals surface area contributed by atoms with E-state index in [1.807, 2.05) is 0 Å². The molecule has 2 N–H and O–H groups in total. The summed E-state index contributed by atoms with van der Waals surface area (Å²) in [6.07, 6.45) is 0.465. The molecule has 0 atom stereocenters. The van der Waals surface area contributed by atoms with Crippen LogP contribution in [0.2, 0.25) is 0 Å². The van der Waals surface area contributed by atoms with Crippen LogP contribution in [0.15, 0.2) is 12.1 Å². The fourth-order valence-corrected chi connectivity index (χ4v) is 1.38.